The lowest BCUT2D eigenvalue weighted by atomic mass is 9.46. The van der Waals surface area contributed by atoms with Crippen LogP contribution in [0.1, 0.15) is 55.5 Å². The Morgan fingerprint density at radius 1 is 0.462 bits per heavy atom. The van der Waals surface area contributed by atoms with Crippen molar-refractivity contribution in [3.05, 3.63) is 208 Å². The summed E-state index contributed by atoms with van der Waals surface area (Å²) in [4.78, 5) is 2.86. The Morgan fingerprint density at radius 3 is 1.56 bits per heavy atom. The SMILES string of the molecule is CC1C=C(c2ccccc2)C2(C)C3=C1C(C)C1=C(C4(c5ccccc51)c1ccccc1-c1ccccc14)C3(C)N2c1ccccc1-c1ccccc1. The first kappa shape index (κ1) is 30.0. The Morgan fingerprint density at radius 2 is 0.942 bits per heavy atom. The lowest BCUT2D eigenvalue weighted by Gasteiger charge is -2.73. The molecule has 4 atom stereocenters. The molecule has 11 rings (SSSR count). The molecule has 0 N–H and O–H groups in total. The van der Waals surface area contributed by atoms with Gasteiger partial charge in [0.25, 0.3) is 0 Å². The van der Waals surface area contributed by atoms with Crippen molar-refractivity contribution in [1.29, 1.82) is 0 Å². The predicted octanol–water partition coefficient (Wildman–Crippen LogP) is 12.2. The van der Waals surface area contributed by atoms with E-state index in [0.29, 0.717) is 5.92 Å². The Balaban J connectivity index is 1.29. The third kappa shape index (κ3) is 3.32. The van der Waals surface area contributed by atoms with E-state index >= 15 is 0 Å². The summed E-state index contributed by atoms with van der Waals surface area (Å²) in [6, 6.07) is 59.3. The van der Waals surface area contributed by atoms with Gasteiger partial charge in [-0.15, -0.1) is 0 Å². The molecule has 5 aliphatic rings. The molecule has 4 aliphatic carbocycles. The summed E-state index contributed by atoms with van der Waals surface area (Å²) in [6.07, 6.45) is 2.60. The fourth-order valence-corrected chi connectivity index (χ4v) is 12.0. The fraction of sp³-hybridized carbons (Fsp3) is 0.176. The minimum atomic E-state index is -0.417. The molecule has 0 amide bonds. The molecule has 52 heavy (non-hydrogen) atoms. The zero-order chi connectivity index (χ0) is 35.0. The monoisotopic (exact) mass is 667 g/mol. The minimum Gasteiger partial charge on any atom is -0.345 e. The smallest absolute Gasteiger partial charge is 0.0882 e. The van der Waals surface area contributed by atoms with E-state index in [0.717, 1.165) is 0 Å². The molecule has 6 aromatic rings. The van der Waals surface area contributed by atoms with Gasteiger partial charge in [-0.3, -0.25) is 0 Å². The molecule has 1 heteroatoms. The van der Waals surface area contributed by atoms with Crippen molar-refractivity contribution in [2.24, 2.45) is 11.8 Å². The first-order chi connectivity index (χ1) is 25.4. The van der Waals surface area contributed by atoms with Crippen LogP contribution in [0.2, 0.25) is 0 Å². The van der Waals surface area contributed by atoms with Crippen molar-refractivity contribution in [2.45, 2.75) is 44.2 Å². The highest BCUT2D eigenvalue weighted by molar-refractivity contribution is 6.04. The van der Waals surface area contributed by atoms with Gasteiger partial charge in [0.2, 0.25) is 0 Å². The molecule has 0 aromatic heterocycles. The van der Waals surface area contributed by atoms with Crippen LogP contribution in [0.4, 0.5) is 5.69 Å². The van der Waals surface area contributed by atoms with Crippen molar-refractivity contribution in [3.8, 4) is 22.3 Å². The molecule has 6 aromatic carbocycles. The van der Waals surface area contributed by atoms with Gasteiger partial charge in [-0.2, -0.15) is 0 Å². The van der Waals surface area contributed by atoms with Gasteiger partial charge in [-0.25, -0.2) is 0 Å². The third-order valence-electron chi connectivity index (χ3n) is 13.5. The third-order valence-corrected chi connectivity index (χ3v) is 13.5. The maximum absolute atomic E-state index is 2.86. The molecular weight excluding hydrogens is 627 g/mol. The Labute approximate surface area is 307 Å². The first-order valence-electron chi connectivity index (χ1n) is 18.9. The largest absolute Gasteiger partial charge is 0.345 e. The van der Waals surface area contributed by atoms with Crippen LogP contribution in [0.25, 0.3) is 33.4 Å². The average Bonchev–Trinajstić information content (AvgIpc) is 3.67. The number of fused-ring (bicyclic) bond motifs is 10. The number of anilines is 1. The molecule has 0 radical (unpaired) electrons. The molecule has 0 bridgehead atoms. The summed E-state index contributed by atoms with van der Waals surface area (Å²) < 4.78 is 0. The topological polar surface area (TPSA) is 3.24 Å². The van der Waals surface area contributed by atoms with Crippen molar-refractivity contribution in [3.63, 3.8) is 0 Å². The highest BCUT2D eigenvalue weighted by atomic mass is 15.4. The van der Waals surface area contributed by atoms with Crippen LogP contribution in [0, 0.1) is 11.8 Å². The van der Waals surface area contributed by atoms with E-state index in [-0.39, 0.29) is 11.5 Å². The van der Waals surface area contributed by atoms with Crippen LogP contribution in [-0.2, 0) is 5.41 Å². The lowest BCUT2D eigenvalue weighted by Crippen LogP contribution is -2.78. The minimum absolute atomic E-state index is 0.271. The zero-order valence-corrected chi connectivity index (χ0v) is 30.2. The van der Waals surface area contributed by atoms with Gasteiger partial charge in [0.05, 0.1) is 16.5 Å². The number of benzene rings is 6. The van der Waals surface area contributed by atoms with Gasteiger partial charge in [-0.05, 0) is 92.6 Å². The number of nitrogens with zero attached hydrogens (tertiary/aromatic N) is 1. The molecule has 1 spiro atoms. The molecule has 1 nitrogen and oxygen atoms in total. The van der Waals surface area contributed by atoms with Gasteiger partial charge in [0, 0.05) is 17.2 Å². The van der Waals surface area contributed by atoms with E-state index in [1.54, 1.807) is 16.7 Å². The molecule has 1 saturated heterocycles. The van der Waals surface area contributed by atoms with Crippen molar-refractivity contribution in [2.75, 3.05) is 4.90 Å². The standard InChI is InChI=1S/C51H41N/c1-32-31-43(35-21-9-6-10-22-35)49(3)47-45(32)33(2)46-39-26-13-17-29-42(39)51(40-27-15-11-24-37(40)38-25-12-16-28-41(38)51)48(46)50(47,4)52(49)44-30-18-14-23-36(44)34-19-7-5-8-20-34/h5-33H,1-4H3. The maximum Gasteiger partial charge on any atom is 0.0882 e. The fourth-order valence-electron chi connectivity index (χ4n) is 12.0. The van der Waals surface area contributed by atoms with Gasteiger partial charge < -0.3 is 4.90 Å². The van der Waals surface area contributed by atoms with Crippen LogP contribution in [0.3, 0.4) is 0 Å². The highest BCUT2D eigenvalue weighted by Crippen LogP contribution is 2.76. The lowest BCUT2D eigenvalue weighted by molar-refractivity contribution is 0.298. The Kier molecular flexibility index (Phi) is 5.90. The van der Waals surface area contributed by atoms with E-state index < -0.39 is 11.0 Å². The van der Waals surface area contributed by atoms with E-state index in [2.05, 4.69) is 196 Å². The quantitative estimate of drug-likeness (QED) is 0.170. The van der Waals surface area contributed by atoms with Crippen LogP contribution in [-0.4, -0.2) is 11.1 Å². The number of allylic oxidation sites excluding steroid dienone is 3. The average molecular weight is 668 g/mol. The molecular formula is C51H41N. The van der Waals surface area contributed by atoms with Crippen molar-refractivity contribution in [1.82, 2.24) is 0 Å². The molecule has 0 saturated carbocycles. The van der Waals surface area contributed by atoms with Gasteiger partial charge in [0.1, 0.15) is 0 Å². The van der Waals surface area contributed by atoms with Gasteiger partial charge >= 0.3 is 0 Å². The molecule has 1 heterocycles. The summed E-state index contributed by atoms with van der Waals surface area (Å²) in [5.41, 5.74) is 20.0. The zero-order valence-electron chi connectivity index (χ0n) is 30.2. The van der Waals surface area contributed by atoms with Crippen LogP contribution in [0.15, 0.2) is 181 Å². The number of hydrogen-bond acceptors (Lipinski definition) is 1. The summed E-state index contributed by atoms with van der Waals surface area (Å²) in [7, 11) is 0. The summed E-state index contributed by atoms with van der Waals surface area (Å²) in [5.74, 6) is 0.577. The maximum atomic E-state index is 2.86. The molecule has 250 valence electrons. The molecule has 4 unspecified atom stereocenters. The van der Waals surface area contributed by atoms with E-state index in [1.165, 1.54) is 66.9 Å². The van der Waals surface area contributed by atoms with E-state index in [1.807, 2.05) is 0 Å². The van der Waals surface area contributed by atoms with Crippen LogP contribution in [0.5, 0.6) is 0 Å². The number of hydrogen-bond donors (Lipinski definition) is 0. The van der Waals surface area contributed by atoms with E-state index in [9.17, 15) is 0 Å². The summed E-state index contributed by atoms with van der Waals surface area (Å²) >= 11 is 0. The summed E-state index contributed by atoms with van der Waals surface area (Å²) in [6.45, 7) is 10.1. The second-order valence-electron chi connectivity index (χ2n) is 15.8. The highest BCUT2D eigenvalue weighted by Gasteiger charge is 2.73. The summed E-state index contributed by atoms with van der Waals surface area (Å²) in [5, 5.41) is 0. The van der Waals surface area contributed by atoms with Gasteiger partial charge in [-0.1, -0.05) is 177 Å². The second-order valence-corrected chi connectivity index (χ2v) is 15.8. The molecule has 1 fully saturated rings. The Hall–Kier alpha value is -5.66. The predicted molar refractivity (Wildman–Crippen MR) is 216 cm³/mol. The second kappa shape index (κ2) is 10.2. The van der Waals surface area contributed by atoms with Crippen LogP contribution >= 0.6 is 0 Å². The normalized spacial score (nSPS) is 25.5. The van der Waals surface area contributed by atoms with Gasteiger partial charge in [0.15, 0.2) is 0 Å². The molecule has 1 aliphatic heterocycles. The van der Waals surface area contributed by atoms with Crippen molar-refractivity contribution < 1.29 is 0 Å². The van der Waals surface area contributed by atoms with Crippen molar-refractivity contribution >= 4 is 16.8 Å². The van der Waals surface area contributed by atoms with Crippen LogP contribution < -0.4 is 4.90 Å². The first-order valence-corrected chi connectivity index (χ1v) is 18.9. The number of para-hydroxylation sites is 1. The van der Waals surface area contributed by atoms with E-state index in [4.69, 9.17) is 0 Å². The Bertz CT molecular complexity index is 2540. The number of rotatable bonds is 3.